The molecule has 0 aliphatic heterocycles. The van der Waals surface area contributed by atoms with Gasteiger partial charge in [0.2, 0.25) is 0 Å². The summed E-state index contributed by atoms with van der Waals surface area (Å²) >= 11 is 0.328. The first kappa shape index (κ1) is 16.0. The van der Waals surface area contributed by atoms with Gasteiger partial charge in [-0.2, -0.15) is 0 Å². The number of hydrogen-bond acceptors (Lipinski definition) is 2. The Balaban J connectivity index is 1.98. The van der Waals surface area contributed by atoms with Gasteiger partial charge in [0.25, 0.3) is 0 Å². The van der Waals surface area contributed by atoms with Gasteiger partial charge in [-0.25, -0.2) is 0 Å². The summed E-state index contributed by atoms with van der Waals surface area (Å²) < 4.78 is 6.78. The van der Waals surface area contributed by atoms with Crippen molar-refractivity contribution < 1.29 is 4.74 Å². The van der Waals surface area contributed by atoms with Gasteiger partial charge in [-0.3, -0.25) is 0 Å². The van der Waals surface area contributed by atoms with Crippen LogP contribution < -0.4 is 9.64 Å². The maximum atomic E-state index is 5.45. The van der Waals surface area contributed by atoms with E-state index >= 15 is 0 Å². The second-order valence-corrected chi connectivity index (χ2v) is 7.88. The van der Waals surface area contributed by atoms with Gasteiger partial charge in [0.1, 0.15) is 0 Å². The standard InChI is InChI=1S/C22H19NOSe/c1-16-12-13-21(20-10-4-3-9-19(16)20)23(22-11-6-14-25-22)17-7-5-8-18(15-17)24-2/h3-15H,1-2H3. The van der Waals surface area contributed by atoms with E-state index in [0.717, 1.165) is 11.4 Å². The van der Waals surface area contributed by atoms with Crippen molar-refractivity contribution in [1.82, 2.24) is 0 Å². The molecular weight excluding hydrogens is 373 g/mol. The molecule has 0 aliphatic rings. The van der Waals surface area contributed by atoms with Gasteiger partial charge < -0.3 is 0 Å². The van der Waals surface area contributed by atoms with Crippen LogP contribution in [0.5, 0.6) is 5.75 Å². The summed E-state index contributed by atoms with van der Waals surface area (Å²) in [6.45, 7) is 2.17. The second-order valence-electron chi connectivity index (χ2n) is 5.94. The molecule has 0 aliphatic carbocycles. The summed E-state index contributed by atoms with van der Waals surface area (Å²) in [7, 11) is 1.71. The topological polar surface area (TPSA) is 12.5 Å². The molecule has 0 atom stereocenters. The van der Waals surface area contributed by atoms with E-state index in [2.05, 4.69) is 77.4 Å². The zero-order valence-electron chi connectivity index (χ0n) is 14.3. The van der Waals surface area contributed by atoms with E-state index in [1.165, 1.54) is 26.6 Å². The summed E-state index contributed by atoms with van der Waals surface area (Å²) in [5.74, 6) is 0.873. The molecular formula is C22H19NOSe. The molecule has 0 N–H and O–H groups in total. The van der Waals surface area contributed by atoms with Crippen LogP contribution in [-0.4, -0.2) is 21.6 Å². The van der Waals surface area contributed by atoms with Gasteiger partial charge >= 0.3 is 154 Å². The number of hydrogen-bond donors (Lipinski definition) is 0. The van der Waals surface area contributed by atoms with Crippen LogP contribution in [0.15, 0.2) is 77.7 Å². The number of nitrogens with zero attached hydrogens (tertiary/aromatic N) is 1. The molecule has 3 heteroatoms. The molecule has 4 aromatic rings. The van der Waals surface area contributed by atoms with Crippen molar-refractivity contribution in [3.8, 4) is 5.75 Å². The first-order valence-electron chi connectivity index (χ1n) is 8.24. The molecule has 0 saturated heterocycles. The number of benzene rings is 3. The van der Waals surface area contributed by atoms with E-state index in [4.69, 9.17) is 4.74 Å². The van der Waals surface area contributed by atoms with Crippen LogP contribution in [-0.2, 0) is 0 Å². The molecule has 0 radical (unpaired) electrons. The van der Waals surface area contributed by atoms with Crippen LogP contribution in [0.3, 0.4) is 0 Å². The number of methoxy groups -OCH3 is 1. The maximum absolute atomic E-state index is 5.45. The minimum atomic E-state index is 0.328. The molecule has 1 heterocycles. The van der Waals surface area contributed by atoms with Crippen molar-refractivity contribution in [2.45, 2.75) is 6.92 Å². The Morgan fingerprint density at radius 3 is 2.44 bits per heavy atom. The van der Waals surface area contributed by atoms with Gasteiger partial charge in [-0.1, -0.05) is 0 Å². The van der Waals surface area contributed by atoms with E-state index in [9.17, 15) is 0 Å². The van der Waals surface area contributed by atoms with Gasteiger partial charge in [-0.15, -0.1) is 0 Å². The Kier molecular flexibility index (Phi) is 4.35. The van der Waals surface area contributed by atoms with Crippen molar-refractivity contribution >= 4 is 41.2 Å². The third-order valence-electron chi connectivity index (χ3n) is 4.40. The molecule has 0 unspecified atom stereocenters. The Hall–Kier alpha value is -2.48. The van der Waals surface area contributed by atoms with Crippen LogP contribution in [0.4, 0.5) is 15.9 Å². The Morgan fingerprint density at radius 2 is 1.68 bits per heavy atom. The van der Waals surface area contributed by atoms with Crippen LogP contribution in [0.1, 0.15) is 5.56 Å². The van der Waals surface area contributed by atoms with E-state index in [1.807, 2.05) is 12.1 Å². The van der Waals surface area contributed by atoms with Gasteiger partial charge in [-0.05, 0) is 0 Å². The second kappa shape index (κ2) is 6.79. The summed E-state index contributed by atoms with van der Waals surface area (Å²) in [6.07, 6.45) is 0. The summed E-state index contributed by atoms with van der Waals surface area (Å²) in [6, 6.07) is 25.7. The molecule has 3 aromatic carbocycles. The predicted molar refractivity (Wildman–Crippen MR) is 107 cm³/mol. The van der Waals surface area contributed by atoms with E-state index < -0.39 is 0 Å². The third-order valence-corrected chi connectivity index (χ3v) is 6.19. The first-order chi connectivity index (χ1) is 12.3. The fraction of sp³-hybridized carbons (Fsp3) is 0.0909. The number of ether oxygens (including phenoxy) is 1. The minimum absolute atomic E-state index is 0.328. The molecule has 0 spiro atoms. The molecule has 25 heavy (non-hydrogen) atoms. The average Bonchev–Trinajstić information content (AvgIpc) is 3.18. The monoisotopic (exact) mass is 393 g/mol. The molecule has 0 amide bonds. The molecule has 0 saturated carbocycles. The Bertz CT molecular complexity index is 1010. The van der Waals surface area contributed by atoms with Gasteiger partial charge in [0.05, 0.1) is 0 Å². The Labute approximate surface area is 154 Å². The summed E-state index contributed by atoms with van der Waals surface area (Å²) in [5, 5.41) is 2.57. The van der Waals surface area contributed by atoms with Crippen molar-refractivity contribution in [2.24, 2.45) is 0 Å². The predicted octanol–water partition coefficient (Wildman–Crippen LogP) is 5.68. The van der Waals surface area contributed by atoms with Crippen LogP contribution in [0.25, 0.3) is 10.8 Å². The van der Waals surface area contributed by atoms with Crippen molar-refractivity contribution in [1.29, 1.82) is 0 Å². The molecule has 0 bridgehead atoms. The number of fused-ring (bicyclic) bond motifs is 1. The van der Waals surface area contributed by atoms with Crippen molar-refractivity contribution in [2.75, 3.05) is 12.0 Å². The molecule has 4 rings (SSSR count). The Morgan fingerprint density at radius 1 is 0.840 bits per heavy atom. The van der Waals surface area contributed by atoms with Gasteiger partial charge in [0.15, 0.2) is 0 Å². The fourth-order valence-electron chi connectivity index (χ4n) is 3.16. The van der Waals surface area contributed by atoms with Crippen LogP contribution in [0, 0.1) is 6.92 Å². The number of aryl methyl sites for hydroxylation is 1. The molecule has 0 fully saturated rings. The van der Waals surface area contributed by atoms with Crippen molar-refractivity contribution in [3.05, 3.63) is 83.3 Å². The fourth-order valence-corrected chi connectivity index (χ4v) is 4.76. The summed E-state index contributed by atoms with van der Waals surface area (Å²) in [4.78, 5) is 4.62. The normalized spacial score (nSPS) is 10.8. The van der Waals surface area contributed by atoms with E-state index in [-0.39, 0.29) is 0 Å². The zero-order valence-corrected chi connectivity index (χ0v) is 16.0. The third kappa shape index (κ3) is 2.97. The zero-order chi connectivity index (χ0) is 17.2. The summed E-state index contributed by atoms with van der Waals surface area (Å²) in [5.41, 5.74) is 3.64. The quantitative estimate of drug-likeness (QED) is 0.414. The molecule has 1 aromatic heterocycles. The molecule has 2 nitrogen and oxygen atoms in total. The first-order valence-corrected chi connectivity index (χ1v) is 10.1. The van der Waals surface area contributed by atoms with Crippen LogP contribution >= 0.6 is 0 Å². The number of anilines is 3. The molecule has 124 valence electrons. The van der Waals surface area contributed by atoms with E-state index in [0.29, 0.717) is 14.5 Å². The number of rotatable bonds is 4. The SMILES string of the molecule is COc1cccc(N(c2ccc[se]2)c2ccc(C)c3ccccc23)c1. The van der Waals surface area contributed by atoms with Crippen molar-refractivity contribution in [3.63, 3.8) is 0 Å². The van der Waals surface area contributed by atoms with E-state index in [1.54, 1.807) is 7.11 Å². The van der Waals surface area contributed by atoms with Gasteiger partial charge in [0, 0.05) is 0 Å². The average molecular weight is 392 g/mol. The van der Waals surface area contributed by atoms with Crippen LogP contribution in [0.2, 0.25) is 0 Å².